The summed E-state index contributed by atoms with van der Waals surface area (Å²) in [5.41, 5.74) is -0.112. The summed E-state index contributed by atoms with van der Waals surface area (Å²) in [5, 5.41) is 4.84. The smallest absolute Gasteiger partial charge is 0.324 e. The molecule has 1 aliphatic rings. The van der Waals surface area contributed by atoms with Crippen molar-refractivity contribution in [2.45, 2.75) is 19.3 Å². The second kappa shape index (κ2) is 7.20. The number of aromatic nitrogens is 2. The third kappa shape index (κ3) is 3.95. The van der Waals surface area contributed by atoms with E-state index in [1.54, 1.807) is 6.07 Å². The summed E-state index contributed by atoms with van der Waals surface area (Å²) in [6.07, 6.45) is 4.80. The van der Waals surface area contributed by atoms with Crippen LogP contribution >= 0.6 is 0 Å². The second-order valence-corrected chi connectivity index (χ2v) is 5.51. The Morgan fingerprint density at radius 3 is 2.58 bits per heavy atom. The molecule has 6 nitrogen and oxygen atoms in total. The van der Waals surface area contributed by atoms with Gasteiger partial charge in [0, 0.05) is 25.2 Å². The van der Waals surface area contributed by atoms with E-state index in [2.05, 4.69) is 25.5 Å². The first-order chi connectivity index (χ1) is 11.6. The van der Waals surface area contributed by atoms with Crippen molar-refractivity contribution in [1.29, 1.82) is 0 Å². The summed E-state index contributed by atoms with van der Waals surface area (Å²) in [7, 11) is 0. The fraction of sp³-hybridized carbons (Fsp3) is 0.312. The normalized spacial score (nSPS) is 14.3. The lowest BCUT2D eigenvalue weighted by molar-refractivity contribution is 0.262. The average molecular weight is 333 g/mol. The number of rotatable bonds is 3. The first-order valence-electron chi connectivity index (χ1n) is 7.72. The van der Waals surface area contributed by atoms with Gasteiger partial charge in [-0.3, -0.25) is 5.32 Å². The number of piperidine rings is 1. The Bertz CT molecular complexity index is 734. The number of urea groups is 1. The molecule has 2 heterocycles. The second-order valence-electron chi connectivity index (χ2n) is 5.51. The Hall–Kier alpha value is -2.77. The van der Waals surface area contributed by atoms with Crippen molar-refractivity contribution in [2.75, 3.05) is 28.6 Å². The fourth-order valence-corrected chi connectivity index (χ4v) is 2.57. The number of carbonyl (C=O) groups is 1. The Balaban J connectivity index is 1.65. The number of halogens is 2. The third-order valence-corrected chi connectivity index (χ3v) is 3.75. The lowest BCUT2D eigenvalue weighted by atomic mass is 10.1. The zero-order valence-corrected chi connectivity index (χ0v) is 12.9. The highest BCUT2D eigenvalue weighted by Gasteiger charge is 2.14. The van der Waals surface area contributed by atoms with Crippen LogP contribution in [0.2, 0.25) is 0 Å². The zero-order valence-electron chi connectivity index (χ0n) is 12.9. The number of nitrogens with one attached hydrogen (secondary N) is 2. The maximum atomic E-state index is 13.5. The molecule has 1 fully saturated rings. The Morgan fingerprint density at radius 1 is 1.04 bits per heavy atom. The van der Waals surface area contributed by atoms with Crippen molar-refractivity contribution >= 4 is 23.4 Å². The SMILES string of the molecule is O=C(Nc1cc(N2CCCCC2)ncn1)Nc1ccc(F)cc1F. The van der Waals surface area contributed by atoms with Gasteiger partial charge in [0.15, 0.2) is 0 Å². The summed E-state index contributed by atoms with van der Waals surface area (Å²) < 4.78 is 26.4. The monoisotopic (exact) mass is 333 g/mol. The van der Waals surface area contributed by atoms with E-state index >= 15 is 0 Å². The fourth-order valence-electron chi connectivity index (χ4n) is 2.57. The minimum atomic E-state index is -0.846. The first kappa shape index (κ1) is 16.1. The van der Waals surface area contributed by atoms with Crippen LogP contribution in [0.4, 0.5) is 30.9 Å². The van der Waals surface area contributed by atoms with Crippen molar-refractivity contribution in [3.63, 3.8) is 0 Å². The summed E-state index contributed by atoms with van der Waals surface area (Å²) in [5.74, 6) is -0.499. The minimum Gasteiger partial charge on any atom is -0.356 e. The number of nitrogens with zero attached hydrogens (tertiary/aromatic N) is 3. The lowest BCUT2D eigenvalue weighted by Gasteiger charge is -2.27. The molecule has 2 aromatic rings. The average Bonchev–Trinajstić information content (AvgIpc) is 2.58. The topological polar surface area (TPSA) is 70.2 Å². The van der Waals surface area contributed by atoms with Crippen molar-refractivity contribution in [3.8, 4) is 0 Å². The largest absolute Gasteiger partial charge is 0.356 e. The highest BCUT2D eigenvalue weighted by Crippen LogP contribution is 2.19. The van der Waals surface area contributed by atoms with Crippen LogP contribution < -0.4 is 15.5 Å². The van der Waals surface area contributed by atoms with Gasteiger partial charge in [0.05, 0.1) is 5.69 Å². The summed E-state index contributed by atoms with van der Waals surface area (Å²) in [6, 6.07) is 3.94. The van der Waals surface area contributed by atoms with Crippen molar-refractivity contribution in [2.24, 2.45) is 0 Å². The number of amides is 2. The molecule has 1 saturated heterocycles. The number of carbonyl (C=O) groups excluding carboxylic acids is 1. The van der Waals surface area contributed by atoms with Gasteiger partial charge < -0.3 is 10.2 Å². The van der Waals surface area contributed by atoms with Gasteiger partial charge in [-0.25, -0.2) is 23.5 Å². The van der Waals surface area contributed by atoms with E-state index < -0.39 is 17.7 Å². The predicted octanol–water partition coefficient (Wildman–Crippen LogP) is 3.39. The van der Waals surface area contributed by atoms with E-state index in [1.165, 1.54) is 12.7 Å². The Labute approximate surface area is 137 Å². The molecule has 126 valence electrons. The molecule has 1 aliphatic heterocycles. The molecule has 1 aromatic heterocycles. The molecule has 0 aliphatic carbocycles. The highest BCUT2D eigenvalue weighted by atomic mass is 19.1. The van der Waals surface area contributed by atoms with Gasteiger partial charge in [-0.05, 0) is 31.4 Å². The molecule has 2 N–H and O–H groups in total. The Kier molecular flexibility index (Phi) is 4.83. The maximum Gasteiger partial charge on any atom is 0.324 e. The maximum absolute atomic E-state index is 13.5. The van der Waals surface area contributed by atoms with E-state index in [0.717, 1.165) is 43.9 Å². The molecule has 2 amide bonds. The number of benzene rings is 1. The van der Waals surface area contributed by atoms with E-state index in [9.17, 15) is 13.6 Å². The van der Waals surface area contributed by atoms with Crippen LogP contribution in [0.1, 0.15) is 19.3 Å². The van der Waals surface area contributed by atoms with Crippen LogP contribution in [0, 0.1) is 11.6 Å². The van der Waals surface area contributed by atoms with Gasteiger partial charge >= 0.3 is 6.03 Å². The van der Waals surface area contributed by atoms with Gasteiger partial charge in [0.2, 0.25) is 0 Å². The molecule has 0 atom stereocenters. The van der Waals surface area contributed by atoms with Gasteiger partial charge in [0.25, 0.3) is 0 Å². The van der Waals surface area contributed by atoms with Crippen molar-refractivity contribution in [1.82, 2.24) is 9.97 Å². The van der Waals surface area contributed by atoms with Gasteiger partial charge in [-0.1, -0.05) is 0 Å². The molecule has 3 rings (SSSR count). The van der Waals surface area contributed by atoms with Crippen LogP contribution in [0.5, 0.6) is 0 Å². The molecule has 0 radical (unpaired) electrons. The van der Waals surface area contributed by atoms with E-state index in [0.29, 0.717) is 11.9 Å². The third-order valence-electron chi connectivity index (χ3n) is 3.75. The van der Waals surface area contributed by atoms with Crippen LogP contribution in [0.25, 0.3) is 0 Å². The molecule has 0 bridgehead atoms. The van der Waals surface area contributed by atoms with Crippen LogP contribution in [-0.4, -0.2) is 29.1 Å². The molecular formula is C16H17F2N5O. The first-order valence-corrected chi connectivity index (χ1v) is 7.72. The molecule has 8 heteroatoms. The molecule has 0 spiro atoms. The lowest BCUT2D eigenvalue weighted by Crippen LogP contribution is -2.30. The standard InChI is InChI=1S/C16H17F2N5O/c17-11-4-5-13(12(18)8-11)21-16(24)22-14-9-15(20-10-19-14)23-6-2-1-3-7-23/h4-5,8-10H,1-3,6-7H2,(H2,19,20,21,22,24). The molecular weight excluding hydrogens is 316 g/mol. The number of hydrogen-bond acceptors (Lipinski definition) is 4. The van der Waals surface area contributed by atoms with E-state index in [4.69, 9.17) is 0 Å². The summed E-state index contributed by atoms with van der Waals surface area (Å²) in [6.45, 7) is 1.84. The number of anilines is 3. The van der Waals surface area contributed by atoms with Crippen LogP contribution in [-0.2, 0) is 0 Å². The highest BCUT2D eigenvalue weighted by molar-refractivity contribution is 5.99. The van der Waals surface area contributed by atoms with Crippen molar-refractivity contribution < 1.29 is 13.6 Å². The Morgan fingerprint density at radius 2 is 1.83 bits per heavy atom. The molecule has 1 aromatic carbocycles. The molecule has 0 unspecified atom stereocenters. The van der Waals surface area contributed by atoms with Gasteiger partial charge in [-0.2, -0.15) is 0 Å². The van der Waals surface area contributed by atoms with Crippen molar-refractivity contribution in [3.05, 3.63) is 42.2 Å². The van der Waals surface area contributed by atoms with Gasteiger partial charge in [0.1, 0.15) is 29.6 Å². The molecule has 24 heavy (non-hydrogen) atoms. The van der Waals surface area contributed by atoms with Gasteiger partial charge in [-0.15, -0.1) is 0 Å². The summed E-state index contributed by atoms with van der Waals surface area (Å²) in [4.78, 5) is 22.3. The molecule has 0 saturated carbocycles. The van der Waals surface area contributed by atoms with E-state index in [1.807, 2.05) is 0 Å². The summed E-state index contributed by atoms with van der Waals surface area (Å²) >= 11 is 0. The zero-order chi connectivity index (χ0) is 16.9. The minimum absolute atomic E-state index is 0.112. The van der Waals surface area contributed by atoms with Crippen LogP contribution in [0.15, 0.2) is 30.6 Å². The number of hydrogen-bond donors (Lipinski definition) is 2. The predicted molar refractivity (Wildman–Crippen MR) is 87.1 cm³/mol. The van der Waals surface area contributed by atoms with Crippen LogP contribution in [0.3, 0.4) is 0 Å². The van der Waals surface area contributed by atoms with E-state index in [-0.39, 0.29) is 5.69 Å². The quantitative estimate of drug-likeness (QED) is 0.903.